The Labute approximate surface area is 177 Å². The van der Waals surface area contributed by atoms with Crippen LogP contribution in [-0.4, -0.2) is 42.6 Å². The van der Waals surface area contributed by atoms with E-state index < -0.39 is 0 Å². The highest BCUT2D eigenvalue weighted by atomic mass is 33.1. The van der Waals surface area contributed by atoms with Crippen molar-refractivity contribution < 1.29 is 14.3 Å². The lowest BCUT2D eigenvalue weighted by molar-refractivity contribution is -0.121. The lowest BCUT2D eigenvalue weighted by Gasteiger charge is -2.09. The molecule has 1 heterocycles. The largest absolute Gasteiger partial charge is 0.399 e. The van der Waals surface area contributed by atoms with Crippen LogP contribution in [0.5, 0.6) is 0 Å². The summed E-state index contributed by atoms with van der Waals surface area (Å²) in [6, 6.07) is 6.97. The number of carbonyl (C=O) groups excluding carboxylic acids is 2. The fraction of sp³-hybridized carbons (Fsp3) is 0.600. The van der Waals surface area contributed by atoms with Gasteiger partial charge in [0, 0.05) is 35.3 Å². The Morgan fingerprint density at radius 1 is 1.21 bits per heavy atom. The molecule has 0 radical (unpaired) electrons. The maximum Gasteiger partial charge on any atom is 0.250 e. The van der Waals surface area contributed by atoms with Gasteiger partial charge in [0.1, 0.15) is 6.61 Å². The van der Waals surface area contributed by atoms with Gasteiger partial charge in [0.25, 0.3) is 0 Å². The van der Waals surface area contributed by atoms with Crippen LogP contribution in [-0.2, 0) is 14.3 Å². The van der Waals surface area contributed by atoms with Gasteiger partial charge in [-0.05, 0) is 37.5 Å². The van der Waals surface area contributed by atoms with Gasteiger partial charge in [0.15, 0.2) is 0 Å². The molecule has 160 valence electrons. The molecule has 2 rings (SSSR count). The number of carbonyl (C=O) groups is 2. The van der Waals surface area contributed by atoms with Crippen molar-refractivity contribution in [3.63, 3.8) is 0 Å². The summed E-state index contributed by atoms with van der Waals surface area (Å²) in [5.41, 5.74) is 6.88. The fourth-order valence-corrected chi connectivity index (χ4v) is 5.58. The number of ether oxygens (including phenoxy) is 1. The minimum atomic E-state index is -0.245. The number of amides is 2. The van der Waals surface area contributed by atoms with Crippen LogP contribution >= 0.6 is 21.6 Å². The number of benzene rings is 1. The van der Waals surface area contributed by atoms with Crippen LogP contribution in [0.1, 0.15) is 47.0 Å². The summed E-state index contributed by atoms with van der Waals surface area (Å²) in [7, 11) is 3.94. The van der Waals surface area contributed by atoms with Gasteiger partial charge in [-0.2, -0.15) is 0 Å². The standard InChI is InChI=1S/C18H27N3O3S2.2CH4/c19-14-4-3-5-15(12-14)21-18(23)13-24-10-9-20-17(22)7-2-1-6-16-8-11-25-26-16;;/h3-5,12,16H,1-2,6-11,13,19H2,(H,20,22)(H,21,23);2*1H4. The Kier molecular flexibility index (Phi) is 14.8. The van der Waals surface area contributed by atoms with Gasteiger partial charge >= 0.3 is 0 Å². The summed E-state index contributed by atoms with van der Waals surface area (Å²) in [5, 5.41) is 6.30. The van der Waals surface area contributed by atoms with Crippen molar-refractivity contribution in [3.8, 4) is 0 Å². The van der Waals surface area contributed by atoms with Crippen LogP contribution in [0.2, 0.25) is 0 Å². The summed E-state index contributed by atoms with van der Waals surface area (Å²) in [4.78, 5) is 23.5. The summed E-state index contributed by atoms with van der Waals surface area (Å²) < 4.78 is 5.28. The molecule has 6 nitrogen and oxygen atoms in total. The van der Waals surface area contributed by atoms with E-state index in [2.05, 4.69) is 10.6 Å². The van der Waals surface area contributed by atoms with Gasteiger partial charge in [0.2, 0.25) is 11.8 Å². The number of nitrogen functional groups attached to an aromatic ring is 1. The zero-order valence-corrected chi connectivity index (χ0v) is 16.5. The van der Waals surface area contributed by atoms with Crippen LogP contribution in [0.3, 0.4) is 0 Å². The lowest BCUT2D eigenvalue weighted by Crippen LogP contribution is -2.28. The zero-order valence-electron chi connectivity index (χ0n) is 14.9. The normalized spacial score (nSPS) is 15.2. The number of hydrogen-bond acceptors (Lipinski definition) is 6. The first-order chi connectivity index (χ1) is 12.6. The molecule has 1 atom stereocenters. The highest BCUT2D eigenvalue weighted by molar-refractivity contribution is 8.77. The van der Waals surface area contributed by atoms with Crippen LogP contribution < -0.4 is 16.4 Å². The van der Waals surface area contributed by atoms with E-state index in [-0.39, 0.29) is 33.3 Å². The number of unbranched alkanes of at least 4 members (excludes halogenated alkanes) is 1. The van der Waals surface area contributed by atoms with Gasteiger partial charge in [0.05, 0.1) is 6.61 Å². The number of hydrogen-bond donors (Lipinski definition) is 3. The maximum atomic E-state index is 11.7. The average molecular weight is 430 g/mol. The predicted octanol–water partition coefficient (Wildman–Crippen LogP) is 4.33. The molecular weight excluding hydrogens is 394 g/mol. The van der Waals surface area contributed by atoms with Crippen molar-refractivity contribution in [1.29, 1.82) is 0 Å². The van der Waals surface area contributed by atoms with Crippen LogP contribution in [0.25, 0.3) is 0 Å². The first kappa shape index (κ1) is 26.6. The molecule has 1 saturated heterocycles. The van der Waals surface area contributed by atoms with E-state index in [0.29, 0.717) is 30.9 Å². The van der Waals surface area contributed by atoms with Crippen molar-refractivity contribution in [2.45, 2.75) is 52.2 Å². The zero-order chi connectivity index (χ0) is 18.6. The van der Waals surface area contributed by atoms with Crippen LogP contribution in [0.4, 0.5) is 11.4 Å². The molecule has 0 aromatic heterocycles. The Morgan fingerprint density at radius 3 is 2.75 bits per heavy atom. The highest BCUT2D eigenvalue weighted by Gasteiger charge is 2.15. The topological polar surface area (TPSA) is 93.4 Å². The van der Waals surface area contributed by atoms with Gasteiger partial charge in [-0.1, -0.05) is 48.9 Å². The maximum absolute atomic E-state index is 11.7. The van der Waals surface area contributed by atoms with Crippen molar-refractivity contribution in [1.82, 2.24) is 5.32 Å². The van der Waals surface area contributed by atoms with Gasteiger partial charge < -0.3 is 21.1 Å². The van der Waals surface area contributed by atoms with Crippen LogP contribution in [0.15, 0.2) is 24.3 Å². The minimum Gasteiger partial charge on any atom is -0.399 e. The lowest BCUT2D eigenvalue weighted by atomic mass is 10.1. The summed E-state index contributed by atoms with van der Waals surface area (Å²) in [5.74, 6) is 1.06. The Hall–Kier alpha value is -1.38. The molecule has 1 fully saturated rings. The minimum absolute atomic E-state index is 0. The van der Waals surface area contributed by atoms with E-state index in [0.717, 1.165) is 18.1 Å². The van der Waals surface area contributed by atoms with E-state index in [1.165, 1.54) is 18.6 Å². The third kappa shape index (κ3) is 11.5. The average Bonchev–Trinajstić information content (AvgIpc) is 3.12. The molecule has 28 heavy (non-hydrogen) atoms. The van der Waals surface area contributed by atoms with E-state index >= 15 is 0 Å². The molecule has 0 aliphatic carbocycles. The number of nitrogens with two attached hydrogens (primary N) is 1. The van der Waals surface area contributed by atoms with Gasteiger partial charge in [-0.3, -0.25) is 9.59 Å². The molecule has 1 unspecified atom stereocenters. The van der Waals surface area contributed by atoms with Crippen molar-refractivity contribution in [2.24, 2.45) is 0 Å². The Morgan fingerprint density at radius 2 is 2.04 bits per heavy atom. The third-order valence-electron chi connectivity index (χ3n) is 3.88. The number of anilines is 2. The molecule has 1 aromatic carbocycles. The van der Waals surface area contributed by atoms with E-state index in [9.17, 15) is 9.59 Å². The summed E-state index contributed by atoms with van der Waals surface area (Å²) in [6.45, 7) is 0.674. The highest BCUT2D eigenvalue weighted by Crippen LogP contribution is 2.39. The molecule has 1 aromatic rings. The quantitative estimate of drug-likeness (QED) is 0.275. The van der Waals surface area contributed by atoms with Crippen molar-refractivity contribution in [3.05, 3.63) is 24.3 Å². The predicted molar refractivity (Wildman–Crippen MR) is 124 cm³/mol. The van der Waals surface area contributed by atoms with E-state index in [1.807, 2.05) is 21.6 Å². The second-order valence-electron chi connectivity index (χ2n) is 6.15. The molecule has 8 heteroatoms. The Bertz CT molecular complexity index is 582. The fourth-order valence-electron chi connectivity index (χ4n) is 2.55. The van der Waals surface area contributed by atoms with E-state index in [4.69, 9.17) is 10.5 Å². The summed E-state index contributed by atoms with van der Waals surface area (Å²) in [6.07, 6.45) is 5.09. The molecule has 1 aliphatic rings. The molecule has 2 amide bonds. The Balaban J connectivity index is 0.00000364. The second kappa shape index (κ2) is 15.5. The monoisotopic (exact) mass is 429 g/mol. The summed E-state index contributed by atoms with van der Waals surface area (Å²) >= 11 is 0. The second-order valence-corrected chi connectivity index (χ2v) is 8.94. The van der Waals surface area contributed by atoms with Gasteiger partial charge in [-0.25, -0.2) is 0 Å². The molecular formula is C20H35N3O3S2. The first-order valence-corrected chi connectivity index (χ1v) is 11.3. The van der Waals surface area contributed by atoms with Crippen molar-refractivity contribution >= 4 is 44.8 Å². The number of rotatable bonds is 11. The molecule has 0 bridgehead atoms. The smallest absolute Gasteiger partial charge is 0.250 e. The first-order valence-electron chi connectivity index (χ1n) is 8.91. The molecule has 0 saturated carbocycles. The molecule has 0 spiro atoms. The van der Waals surface area contributed by atoms with E-state index in [1.54, 1.807) is 24.3 Å². The SMILES string of the molecule is C.C.Nc1cccc(NC(=O)COCCNC(=O)CCCCC2CCSS2)c1. The number of nitrogens with one attached hydrogen (secondary N) is 2. The molecule has 4 N–H and O–H groups in total. The van der Waals surface area contributed by atoms with Crippen LogP contribution in [0, 0.1) is 0 Å². The van der Waals surface area contributed by atoms with Gasteiger partial charge in [-0.15, -0.1) is 0 Å². The molecule has 1 aliphatic heterocycles. The third-order valence-corrected chi connectivity index (χ3v) is 6.89. The van der Waals surface area contributed by atoms with Crippen molar-refractivity contribution in [2.75, 3.05) is 36.6 Å².